The minimum absolute atomic E-state index is 0.0607. The molecule has 130 valence electrons. The van der Waals surface area contributed by atoms with E-state index in [4.69, 9.17) is 4.74 Å². The van der Waals surface area contributed by atoms with Crippen LogP contribution in [0.2, 0.25) is 0 Å². The molecule has 0 saturated heterocycles. The predicted octanol–water partition coefficient (Wildman–Crippen LogP) is 2.20. The van der Waals surface area contributed by atoms with Crippen LogP contribution >= 0.6 is 0 Å². The number of hydrogen-bond donors (Lipinski definition) is 1. The van der Waals surface area contributed by atoms with Crippen LogP contribution in [0.1, 0.15) is 29.2 Å². The van der Waals surface area contributed by atoms with Gasteiger partial charge in [-0.25, -0.2) is 8.42 Å². The van der Waals surface area contributed by atoms with Crippen molar-refractivity contribution in [3.63, 3.8) is 0 Å². The molecule has 1 unspecified atom stereocenters. The monoisotopic (exact) mass is 357 g/mol. The van der Waals surface area contributed by atoms with Gasteiger partial charge in [0.25, 0.3) is 0 Å². The normalized spacial score (nSPS) is 20.2. The molecule has 0 fully saturated rings. The van der Waals surface area contributed by atoms with Crippen LogP contribution in [0.4, 0.5) is 0 Å². The van der Waals surface area contributed by atoms with Crippen LogP contribution in [0.5, 0.6) is 5.75 Å². The summed E-state index contributed by atoms with van der Waals surface area (Å²) in [5.41, 5.74) is 2.77. The van der Waals surface area contributed by atoms with Crippen molar-refractivity contribution in [2.24, 2.45) is 0 Å². The molecule has 1 atom stereocenters. The van der Waals surface area contributed by atoms with Crippen molar-refractivity contribution >= 4 is 15.7 Å². The van der Waals surface area contributed by atoms with E-state index in [0.717, 1.165) is 23.3 Å². The van der Waals surface area contributed by atoms with E-state index in [1.54, 1.807) is 24.3 Å². The number of nitrogens with one attached hydrogen (secondary N) is 1. The average molecular weight is 357 g/mol. The van der Waals surface area contributed by atoms with Gasteiger partial charge in [0, 0.05) is 6.42 Å². The molecular formula is C19H19NO4S. The van der Waals surface area contributed by atoms with E-state index in [-0.39, 0.29) is 24.1 Å². The van der Waals surface area contributed by atoms with Crippen molar-refractivity contribution < 1.29 is 17.9 Å². The van der Waals surface area contributed by atoms with Crippen LogP contribution in [0.15, 0.2) is 47.4 Å². The Labute approximate surface area is 146 Å². The molecule has 2 aliphatic rings. The van der Waals surface area contributed by atoms with Gasteiger partial charge in [-0.15, -0.1) is 0 Å². The molecule has 0 aliphatic carbocycles. The Morgan fingerprint density at radius 2 is 2.04 bits per heavy atom. The largest absolute Gasteiger partial charge is 0.493 e. The molecule has 6 heteroatoms. The quantitative estimate of drug-likeness (QED) is 0.914. The summed E-state index contributed by atoms with van der Waals surface area (Å²) < 4.78 is 29.8. The van der Waals surface area contributed by atoms with Gasteiger partial charge in [0.1, 0.15) is 5.75 Å². The van der Waals surface area contributed by atoms with E-state index >= 15 is 0 Å². The van der Waals surface area contributed by atoms with Gasteiger partial charge in [0.2, 0.25) is 5.91 Å². The first-order chi connectivity index (χ1) is 12.0. The van der Waals surface area contributed by atoms with Gasteiger partial charge in [-0.3, -0.25) is 4.79 Å². The maximum atomic E-state index is 12.5. The standard InChI is InChI=1S/C19H19NO4S/c21-19(12-13-5-6-17-14(11-13)7-9-24-17)20-16-8-10-25(22,23)18-4-2-1-3-15(16)18/h1-6,11,16H,7-10,12H2,(H,20,21). The Morgan fingerprint density at radius 3 is 2.92 bits per heavy atom. The van der Waals surface area contributed by atoms with Gasteiger partial charge in [-0.05, 0) is 35.2 Å². The molecule has 0 bridgehead atoms. The first-order valence-electron chi connectivity index (χ1n) is 8.38. The SMILES string of the molecule is O=C(Cc1ccc2c(c1)CCO2)NC1CCS(=O)(=O)c2ccccc21. The van der Waals surface area contributed by atoms with E-state index in [0.29, 0.717) is 23.5 Å². The number of carbonyl (C=O) groups excluding carboxylic acids is 1. The van der Waals surface area contributed by atoms with Crippen LogP contribution < -0.4 is 10.1 Å². The molecule has 1 amide bonds. The first kappa shape index (κ1) is 16.1. The highest BCUT2D eigenvalue weighted by Crippen LogP contribution is 2.32. The zero-order chi connectivity index (χ0) is 17.4. The average Bonchev–Trinajstić information content (AvgIpc) is 3.05. The fourth-order valence-electron chi connectivity index (χ4n) is 3.52. The minimum Gasteiger partial charge on any atom is -0.493 e. The highest BCUT2D eigenvalue weighted by Gasteiger charge is 2.30. The molecule has 2 aromatic carbocycles. The summed E-state index contributed by atoms with van der Waals surface area (Å²) in [5, 5.41) is 2.99. The van der Waals surface area contributed by atoms with Crippen LogP contribution in [0.3, 0.4) is 0 Å². The van der Waals surface area contributed by atoms with Crippen LogP contribution in [0, 0.1) is 0 Å². The lowest BCUT2D eigenvalue weighted by Gasteiger charge is -2.26. The van der Waals surface area contributed by atoms with Crippen molar-refractivity contribution in [2.45, 2.75) is 30.2 Å². The van der Waals surface area contributed by atoms with Crippen molar-refractivity contribution in [3.05, 3.63) is 59.2 Å². The summed E-state index contributed by atoms with van der Waals surface area (Å²) in [6.07, 6.45) is 1.56. The Hall–Kier alpha value is -2.34. The summed E-state index contributed by atoms with van der Waals surface area (Å²) in [6.45, 7) is 0.693. The highest BCUT2D eigenvalue weighted by molar-refractivity contribution is 7.91. The fraction of sp³-hybridized carbons (Fsp3) is 0.316. The number of sulfone groups is 1. The third-order valence-corrected chi connectivity index (χ3v) is 6.57. The number of carbonyl (C=O) groups is 1. The van der Waals surface area contributed by atoms with E-state index in [1.807, 2.05) is 18.2 Å². The molecule has 5 nitrogen and oxygen atoms in total. The zero-order valence-corrected chi connectivity index (χ0v) is 14.5. The van der Waals surface area contributed by atoms with Gasteiger partial charge < -0.3 is 10.1 Å². The van der Waals surface area contributed by atoms with E-state index in [1.165, 1.54) is 0 Å². The molecule has 2 aromatic rings. The van der Waals surface area contributed by atoms with E-state index in [2.05, 4.69) is 5.32 Å². The van der Waals surface area contributed by atoms with Crippen molar-refractivity contribution in [3.8, 4) is 5.75 Å². The summed E-state index contributed by atoms with van der Waals surface area (Å²) in [5.74, 6) is 0.860. The van der Waals surface area contributed by atoms with Gasteiger partial charge >= 0.3 is 0 Å². The topological polar surface area (TPSA) is 72.5 Å². The third-order valence-electron chi connectivity index (χ3n) is 4.76. The Morgan fingerprint density at radius 1 is 1.20 bits per heavy atom. The van der Waals surface area contributed by atoms with Crippen molar-refractivity contribution in [1.29, 1.82) is 0 Å². The Balaban J connectivity index is 1.50. The van der Waals surface area contributed by atoms with Crippen LogP contribution in [0.25, 0.3) is 0 Å². The number of fused-ring (bicyclic) bond motifs is 2. The second-order valence-corrected chi connectivity index (χ2v) is 8.56. The lowest BCUT2D eigenvalue weighted by Crippen LogP contribution is -2.34. The van der Waals surface area contributed by atoms with Crippen molar-refractivity contribution in [1.82, 2.24) is 5.32 Å². The summed E-state index contributed by atoms with van der Waals surface area (Å²) in [7, 11) is -3.24. The maximum Gasteiger partial charge on any atom is 0.224 e. The lowest BCUT2D eigenvalue weighted by molar-refractivity contribution is -0.121. The number of hydrogen-bond acceptors (Lipinski definition) is 4. The number of benzene rings is 2. The van der Waals surface area contributed by atoms with E-state index in [9.17, 15) is 13.2 Å². The molecule has 1 N–H and O–H groups in total. The van der Waals surface area contributed by atoms with E-state index < -0.39 is 9.84 Å². The molecule has 2 aliphatic heterocycles. The number of ether oxygens (including phenoxy) is 1. The van der Waals surface area contributed by atoms with Gasteiger partial charge in [0.15, 0.2) is 9.84 Å². The summed E-state index contributed by atoms with van der Waals surface area (Å²) in [6, 6.07) is 12.5. The molecule has 2 heterocycles. The predicted molar refractivity (Wildman–Crippen MR) is 93.3 cm³/mol. The third kappa shape index (κ3) is 3.14. The minimum atomic E-state index is -3.24. The van der Waals surface area contributed by atoms with Crippen LogP contribution in [-0.2, 0) is 27.5 Å². The molecule has 0 radical (unpaired) electrons. The van der Waals surface area contributed by atoms with Crippen molar-refractivity contribution in [2.75, 3.05) is 12.4 Å². The molecule has 25 heavy (non-hydrogen) atoms. The smallest absolute Gasteiger partial charge is 0.224 e. The number of amides is 1. The highest BCUT2D eigenvalue weighted by atomic mass is 32.2. The summed E-state index contributed by atoms with van der Waals surface area (Å²) in [4.78, 5) is 12.8. The summed E-state index contributed by atoms with van der Waals surface area (Å²) >= 11 is 0. The van der Waals surface area contributed by atoms with Gasteiger partial charge in [-0.1, -0.05) is 30.3 Å². The number of rotatable bonds is 3. The first-order valence-corrected chi connectivity index (χ1v) is 10.0. The Bertz CT molecular complexity index is 936. The molecule has 0 saturated carbocycles. The fourth-order valence-corrected chi connectivity index (χ4v) is 5.14. The molecule has 4 rings (SSSR count). The zero-order valence-electron chi connectivity index (χ0n) is 13.7. The second kappa shape index (κ2) is 6.19. The second-order valence-electron chi connectivity index (χ2n) is 6.48. The molecule has 0 aromatic heterocycles. The van der Waals surface area contributed by atoms with Gasteiger partial charge in [0.05, 0.1) is 29.7 Å². The lowest BCUT2D eigenvalue weighted by atomic mass is 10.0. The molecule has 0 spiro atoms. The Kier molecular flexibility index (Phi) is 4.00. The molecular weight excluding hydrogens is 338 g/mol. The van der Waals surface area contributed by atoms with Crippen LogP contribution in [-0.4, -0.2) is 26.7 Å². The maximum absolute atomic E-state index is 12.5. The van der Waals surface area contributed by atoms with Gasteiger partial charge in [-0.2, -0.15) is 0 Å².